The van der Waals surface area contributed by atoms with Gasteiger partial charge in [0.05, 0.1) is 17.8 Å². The van der Waals surface area contributed by atoms with Gasteiger partial charge in [0.25, 0.3) is 10.0 Å². The topological polar surface area (TPSA) is 79.5 Å². The number of nitrogens with one attached hydrogen (secondary N) is 3. The molecule has 0 aliphatic rings. The van der Waals surface area contributed by atoms with Crippen molar-refractivity contribution >= 4 is 50.3 Å². The summed E-state index contributed by atoms with van der Waals surface area (Å²) in [6.07, 6.45) is 2.04. The number of ether oxygens (including phenoxy) is 1. The molecule has 0 heterocycles. The van der Waals surface area contributed by atoms with Gasteiger partial charge in [-0.1, -0.05) is 37.1 Å². The Hall–Kier alpha value is -2.03. The van der Waals surface area contributed by atoms with Crippen LogP contribution < -0.4 is 20.1 Å². The van der Waals surface area contributed by atoms with Crippen molar-refractivity contribution in [3.63, 3.8) is 0 Å². The lowest BCUT2D eigenvalue weighted by Gasteiger charge is -2.14. The standard InChI is InChI=1S/C18H22ClN3O3S2/c1-3-4-11-20-18(26)21-13-9-10-14(19)17(12-13)27(23,24)22-15-7-5-6-8-16(15)25-2/h5-10,12,22H,3-4,11H2,1-2H3,(H2,20,21,26). The predicted octanol–water partition coefficient (Wildman–Crippen LogP) is 4.24. The maximum Gasteiger partial charge on any atom is 0.263 e. The van der Waals surface area contributed by atoms with Crippen LogP contribution in [0, 0.1) is 0 Å². The van der Waals surface area contributed by atoms with E-state index in [-0.39, 0.29) is 9.92 Å². The van der Waals surface area contributed by atoms with E-state index < -0.39 is 10.0 Å². The lowest BCUT2D eigenvalue weighted by molar-refractivity contribution is 0.417. The Kier molecular flexibility index (Phi) is 7.70. The van der Waals surface area contributed by atoms with Gasteiger partial charge in [0.15, 0.2) is 5.11 Å². The van der Waals surface area contributed by atoms with E-state index in [9.17, 15) is 8.42 Å². The zero-order chi connectivity index (χ0) is 19.9. The summed E-state index contributed by atoms with van der Waals surface area (Å²) in [5.74, 6) is 0.410. The third kappa shape index (κ3) is 5.98. The Balaban J connectivity index is 2.22. The lowest BCUT2D eigenvalue weighted by atomic mass is 10.3. The Morgan fingerprint density at radius 2 is 1.96 bits per heavy atom. The summed E-state index contributed by atoms with van der Waals surface area (Å²) in [6, 6.07) is 11.3. The molecule has 2 rings (SSSR count). The van der Waals surface area contributed by atoms with Crippen LogP contribution in [0.4, 0.5) is 11.4 Å². The van der Waals surface area contributed by atoms with E-state index in [2.05, 4.69) is 22.3 Å². The van der Waals surface area contributed by atoms with Crippen LogP contribution >= 0.6 is 23.8 Å². The molecule has 2 aromatic carbocycles. The summed E-state index contributed by atoms with van der Waals surface area (Å²) in [6.45, 7) is 2.83. The highest BCUT2D eigenvalue weighted by atomic mass is 35.5. The normalized spacial score (nSPS) is 10.9. The molecule has 27 heavy (non-hydrogen) atoms. The van der Waals surface area contributed by atoms with E-state index >= 15 is 0 Å². The summed E-state index contributed by atoms with van der Waals surface area (Å²) in [5.41, 5.74) is 0.847. The number of hydrogen-bond donors (Lipinski definition) is 3. The first-order valence-electron chi connectivity index (χ1n) is 8.37. The molecule has 2 aromatic rings. The van der Waals surface area contributed by atoms with Crippen molar-refractivity contribution in [3.8, 4) is 5.75 Å². The van der Waals surface area contributed by atoms with Crippen molar-refractivity contribution in [1.82, 2.24) is 5.32 Å². The molecule has 0 bridgehead atoms. The van der Waals surface area contributed by atoms with Gasteiger partial charge in [0, 0.05) is 12.2 Å². The van der Waals surface area contributed by atoms with Gasteiger partial charge >= 0.3 is 0 Å². The molecule has 0 saturated heterocycles. The van der Waals surface area contributed by atoms with E-state index in [0.29, 0.717) is 22.2 Å². The van der Waals surface area contributed by atoms with E-state index in [1.165, 1.54) is 19.2 Å². The first-order chi connectivity index (χ1) is 12.9. The van der Waals surface area contributed by atoms with Crippen LogP contribution in [0.3, 0.4) is 0 Å². The number of hydrogen-bond acceptors (Lipinski definition) is 4. The van der Waals surface area contributed by atoms with Crippen LogP contribution in [-0.2, 0) is 10.0 Å². The van der Waals surface area contributed by atoms with Crippen LogP contribution in [0.25, 0.3) is 0 Å². The molecule has 0 aromatic heterocycles. The van der Waals surface area contributed by atoms with E-state index in [0.717, 1.165) is 19.4 Å². The zero-order valence-electron chi connectivity index (χ0n) is 15.1. The Labute approximate surface area is 170 Å². The molecule has 9 heteroatoms. The second-order valence-electron chi connectivity index (χ2n) is 5.69. The highest BCUT2D eigenvalue weighted by molar-refractivity contribution is 7.92. The molecule has 6 nitrogen and oxygen atoms in total. The maximum atomic E-state index is 12.8. The summed E-state index contributed by atoms with van der Waals surface area (Å²) < 4.78 is 33.3. The van der Waals surface area contributed by atoms with Crippen molar-refractivity contribution in [2.45, 2.75) is 24.7 Å². The number of para-hydroxylation sites is 2. The third-order valence-electron chi connectivity index (χ3n) is 3.65. The molecule has 0 aliphatic heterocycles. The molecule has 0 aliphatic carbocycles. The molecule has 0 saturated carbocycles. The van der Waals surface area contributed by atoms with Crippen molar-refractivity contribution in [3.05, 3.63) is 47.5 Å². The fourth-order valence-electron chi connectivity index (χ4n) is 2.27. The molecule has 146 valence electrons. The van der Waals surface area contributed by atoms with Crippen LogP contribution in [0.1, 0.15) is 19.8 Å². The summed E-state index contributed by atoms with van der Waals surface area (Å²) in [4.78, 5) is -0.0589. The summed E-state index contributed by atoms with van der Waals surface area (Å²) in [5, 5.41) is 6.56. The van der Waals surface area contributed by atoms with Crippen LogP contribution in [0.5, 0.6) is 5.75 Å². The Morgan fingerprint density at radius 1 is 1.22 bits per heavy atom. The van der Waals surface area contributed by atoms with Gasteiger partial charge in [-0.05, 0) is 49.0 Å². The number of rotatable bonds is 8. The second-order valence-corrected chi connectivity index (χ2v) is 8.15. The van der Waals surface area contributed by atoms with Crippen LogP contribution in [0.2, 0.25) is 5.02 Å². The first-order valence-corrected chi connectivity index (χ1v) is 10.6. The number of methoxy groups -OCH3 is 1. The minimum atomic E-state index is -3.92. The molecule has 0 amide bonds. The van der Waals surface area contributed by atoms with Gasteiger partial charge in [0.1, 0.15) is 10.6 Å². The lowest BCUT2D eigenvalue weighted by Crippen LogP contribution is -2.29. The molecule has 0 fully saturated rings. The molecule has 0 unspecified atom stereocenters. The molecular weight excluding hydrogens is 406 g/mol. The van der Waals surface area contributed by atoms with Gasteiger partial charge in [-0.2, -0.15) is 0 Å². The van der Waals surface area contributed by atoms with Gasteiger partial charge in [0.2, 0.25) is 0 Å². The Bertz CT molecular complexity index is 904. The molecular formula is C18H22ClN3O3S2. The van der Waals surface area contributed by atoms with Crippen LogP contribution in [0.15, 0.2) is 47.4 Å². The maximum absolute atomic E-state index is 12.8. The van der Waals surface area contributed by atoms with Crippen molar-refractivity contribution in [2.75, 3.05) is 23.7 Å². The Morgan fingerprint density at radius 3 is 2.67 bits per heavy atom. The SMILES string of the molecule is CCCCNC(=S)Nc1ccc(Cl)c(S(=O)(=O)Nc2ccccc2OC)c1. The number of halogens is 1. The molecule has 0 radical (unpaired) electrons. The smallest absolute Gasteiger partial charge is 0.263 e. The van der Waals surface area contributed by atoms with Gasteiger partial charge in [-0.25, -0.2) is 8.42 Å². The highest BCUT2D eigenvalue weighted by Gasteiger charge is 2.20. The fourth-order valence-corrected chi connectivity index (χ4v) is 4.09. The largest absolute Gasteiger partial charge is 0.495 e. The summed E-state index contributed by atoms with van der Waals surface area (Å²) >= 11 is 11.4. The average molecular weight is 428 g/mol. The quantitative estimate of drug-likeness (QED) is 0.432. The van der Waals surface area contributed by atoms with E-state index in [1.54, 1.807) is 30.3 Å². The number of benzene rings is 2. The highest BCUT2D eigenvalue weighted by Crippen LogP contribution is 2.30. The predicted molar refractivity (Wildman–Crippen MR) is 114 cm³/mol. The second kappa shape index (κ2) is 9.77. The average Bonchev–Trinajstić information content (AvgIpc) is 2.63. The molecule has 0 spiro atoms. The van der Waals surface area contributed by atoms with Gasteiger partial charge < -0.3 is 15.4 Å². The van der Waals surface area contributed by atoms with E-state index in [1.807, 2.05) is 0 Å². The summed E-state index contributed by atoms with van der Waals surface area (Å²) in [7, 11) is -2.45. The van der Waals surface area contributed by atoms with E-state index in [4.69, 9.17) is 28.6 Å². The zero-order valence-corrected chi connectivity index (χ0v) is 17.5. The first kappa shape index (κ1) is 21.3. The monoisotopic (exact) mass is 427 g/mol. The van der Waals surface area contributed by atoms with Gasteiger partial charge in [-0.15, -0.1) is 0 Å². The fraction of sp³-hybridized carbons (Fsp3) is 0.278. The molecule has 0 atom stereocenters. The van der Waals surface area contributed by atoms with Crippen molar-refractivity contribution in [2.24, 2.45) is 0 Å². The van der Waals surface area contributed by atoms with Crippen molar-refractivity contribution in [1.29, 1.82) is 0 Å². The number of anilines is 2. The van der Waals surface area contributed by atoms with Crippen molar-refractivity contribution < 1.29 is 13.2 Å². The third-order valence-corrected chi connectivity index (χ3v) is 5.74. The van der Waals surface area contributed by atoms with Crippen LogP contribution in [-0.4, -0.2) is 27.2 Å². The number of thiocarbonyl (C=S) groups is 1. The minimum absolute atomic E-state index is 0.0589. The molecule has 3 N–H and O–H groups in total. The minimum Gasteiger partial charge on any atom is -0.495 e. The number of unbranched alkanes of at least 4 members (excludes halogenated alkanes) is 1. The number of sulfonamides is 1. The van der Waals surface area contributed by atoms with Gasteiger partial charge in [-0.3, -0.25) is 4.72 Å².